The van der Waals surface area contributed by atoms with Gasteiger partial charge in [0.2, 0.25) is 0 Å². The summed E-state index contributed by atoms with van der Waals surface area (Å²) in [6.07, 6.45) is 1.40. The van der Waals surface area contributed by atoms with E-state index in [1.54, 1.807) is 42.1 Å². The molecule has 3 rings (SSSR count). The fraction of sp³-hybridized carbons (Fsp3) is 0.176. The highest BCUT2D eigenvalue weighted by Gasteiger charge is 2.10. The average molecular weight is 323 g/mol. The zero-order chi connectivity index (χ0) is 17.1. The lowest BCUT2D eigenvalue weighted by Gasteiger charge is -2.07. The third kappa shape index (κ3) is 3.24. The maximum Gasteiger partial charge on any atom is 0.256 e. The normalized spacial score (nSPS) is 10.5. The quantitative estimate of drug-likeness (QED) is 0.798. The second-order valence-corrected chi connectivity index (χ2v) is 5.28. The third-order valence-corrected chi connectivity index (χ3v) is 3.47. The summed E-state index contributed by atoms with van der Waals surface area (Å²) < 4.78 is 6.79. The minimum Gasteiger partial charge on any atom is -0.497 e. The van der Waals surface area contributed by atoms with Crippen LogP contribution in [0.5, 0.6) is 5.75 Å². The zero-order valence-electron chi connectivity index (χ0n) is 13.6. The molecule has 2 heterocycles. The first-order valence-electron chi connectivity index (χ1n) is 7.38. The van der Waals surface area contributed by atoms with E-state index in [2.05, 4.69) is 20.4 Å². The molecule has 1 N–H and O–H groups in total. The van der Waals surface area contributed by atoms with Gasteiger partial charge in [0.1, 0.15) is 17.9 Å². The molecule has 7 nitrogen and oxygen atoms in total. The van der Waals surface area contributed by atoms with Gasteiger partial charge in [0, 0.05) is 17.3 Å². The van der Waals surface area contributed by atoms with Crippen molar-refractivity contribution >= 4 is 11.7 Å². The molecular weight excluding hydrogens is 306 g/mol. The van der Waals surface area contributed by atoms with Gasteiger partial charge in [-0.15, -0.1) is 0 Å². The summed E-state index contributed by atoms with van der Waals surface area (Å²) in [5.41, 5.74) is 2.37. The van der Waals surface area contributed by atoms with Crippen LogP contribution in [0.4, 0.5) is 5.82 Å². The Hall–Kier alpha value is -3.22. The summed E-state index contributed by atoms with van der Waals surface area (Å²) in [6.45, 7) is 3.86. The van der Waals surface area contributed by atoms with Crippen LogP contribution in [0.15, 0.2) is 42.7 Å². The lowest BCUT2D eigenvalue weighted by atomic mass is 10.2. The maximum absolute atomic E-state index is 12.3. The molecule has 0 unspecified atom stereocenters. The summed E-state index contributed by atoms with van der Waals surface area (Å²) >= 11 is 0. The van der Waals surface area contributed by atoms with E-state index in [0.29, 0.717) is 22.9 Å². The molecule has 0 bridgehead atoms. The standard InChI is InChI=1S/C17H17N5O2/c1-11-8-12(2)22(21-11)16-9-15(18-10-19-16)20-17(23)13-4-6-14(24-3)7-5-13/h4-10H,1-3H3,(H,18,19,20,23). The smallest absolute Gasteiger partial charge is 0.256 e. The number of aryl methyl sites for hydroxylation is 2. The molecular formula is C17H17N5O2. The van der Waals surface area contributed by atoms with Crippen LogP contribution in [-0.4, -0.2) is 32.8 Å². The largest absolute Gasteiger partial charge is 0.497 e. The van der Waals surface area contributed by atoms with Gasteiger partial charge in [-0.2, -0.15) is 5.10 Å². The molecule has 0 aliphatic heterocycles. The Bertz CT molecular complexity index is 871. The number of hydrogen-bond donors (Lipinski definition) is 1. The summed E-state index contributed by atoms with van der Waals surface area (Å²) in [7, 11) is 1.58. The number of aromatic nitrogens is 4. The van der Waals surface area contributed by atoms with Crippen molar-refractivity contribution in [1.82, 2.24) is 19.7 Å². The first kappa shape index (κ1) is 15.7. The lowest BCUT2D eigenvalue weighted by molar-refractivity contribution is 0.102. The first-order valence-corrected chi connectivity index (χ1v) is 7.38. The van der Waals surface area contributed by atoms with Crippen molar-refractivity contribution in [1.29, 1.82) is 0 Å². The van der Waals surface area contributed by atoms with Crippen LogP contribution in [0.25, 0.3) is 5.82 Å². The predicted octanol–water partition coefficient (Wildman–Crippen LogP) is 2.54. The minimum absolute atomic E-state index is 0.254. The molecule has 0 saturated carbocycles. The Balaban J connectivity index is 1.81. The van der Waals surface area contributed by atoms with E-state index in [0.717, 1.165) is 11.4 Å². The molecule has 0 aliphatic carbocycles. The fourth-order valence-electron chi connectivity index (χ4n) is 2.32. The average Bonchev–Trinajstić information content (AvgIpc) is 2.93. The number of rotatable bonds is 4. The van der Waals surface area contributed by atoms with Gasteiger partial charge in [0.25, 0.3) is 5.91 Å². The van der Waals surface area contributed by atoms with Gasteiger partial charge in [-0.25, -0.2) is 14.6 Å². The van der Waals surface area contributed by atoms with Crippen LogP contribution in [0.2, 0.25) is 0 Å². The van der Waals surface area contributed by atoms with Gasteiger partial charge < -0.3 is 10.1 Å². The maximum atomic E-state index is 12.3. The molecule has 0 atom stereocenters. The summed E-state index contributed by atoms with van der Waals surface area (Å²) in [5.74, 6) is 1.45. The molecule has 122 valence electrons. The van der Waals surface area contributed by atoms with Crippen LogP contribution in [0.1, 0.15) is 21.7 Å². The highest BCUT2D eigenvalue weighted by Crippen LogP contribution is 2.15. The van der Waals surface area contributed by atoms with Gasteiger partial charge in [0.05, 0.1) is 12.8 Å². The molecule has 0 spiro atoms. The molecule has 7 heteroatoms. The van der Waals surface area contributed by atoms with Crippen molar-refractivity contribution in [2.24, 2.45) is 0 Å². The van der Waals surface area contributed by atoms with Crippen molar-refractivity contribution in [2.75, 3.05) is 12.4 Å². The molecule has 0 saturated heterocycles. The molecule has 24 heavy (non-hydrogen) atoms. The van der Waals surface area contributed by atoms with Crippen LogP contribution in [0, 0.1) is 13.8 Å². The van der Waals surface area contributed by atoms with E-state index in [-0.39, 0.29) is 5.91 Å². The van der Waals surface area contributed by atoms with Gasteiger partial charge in [0.15, 0.2) is 5.82 Å². The molecule has 3 aromatic rings. The zero-order valence-corrected chi connectivity index (χ0v) is 13.6. The topological polar surface area (TPSA) is 81.9 Å². The Morgan fingerprint density at radius 2 is 1.88 bits per heavy atom. The molecule has 2 aromatic heterocycles. The number of nitrogens with one attached hydrogen (secondary N) is 1. The van der Waals surface area contributed by atoms with Crippen LogP contribution < -0.4 is 10.1 Å². The number of benzene rings is 1. The molecule has 0 aliphatic rings. The summed E-state index contributed by atoms with van der Waals surface area (Å²) in [5, 5.41) is 7.14. The van der Waals surface area contributed by atoms with Crippen molar-refractivity contribution in [3.8, 4) is 11.6 Å². The van der Waals surface area contributed by atoms with Gasteiger partial charge in [-0.05, 0) is 44.2 Å². The molecule has 1 amide bonds. The summed E-state index contributed by atoms with van der Waals surface area (Å²) in [6, 6.07) is 10.5. The van der Waals surface area contributed by atoms with E-state index in [1.165, 1.54) is 6.33 Å². The second kappa shape index (κ2) is 6.49. The van der Waals surface area contributed by atoms with Crippen LogP contribution in [-0.2, 0) is 0 Å². The lowest BCUT2D eigenvalue weighted by Crippen LogP contribution is -2.14. The van der Waals surface area contributed by atoms with E-state index < -0.39 is 0 Å². The third-order valence-electron chi connectivity index (χ3n) is 3.47. The molecule has 1 aromatic carbocycles. The number of anilines is 1. The Morgan fingerprint density at radius 3 is 2.50 bits per heavy atom. The SMILES string of the molecule is COc1ccc(C(=O)Nc2cc(-n3nc(C)cc3C)ncn2)cc1. The van der Waals surface area contributed by atoms with E-state index >= 15 is 0 Å². The number of carbonyl (C=O) groups excluding carboxylic acids is 1. The summed E-state index contributed by atoms with van der Waals surface area (Å²) in [4.78, 5) is 20.6. The monoisotopic (exact) mass is 323 g/mol. The van der Waals surface area contributed by atoms with E-state index in [9.17, 15) is 4.79 Å². The first-order chi connectivity index (χ1) is 11.6. The van der Waals surface area contributed by atoms with E-state index in [1.807, 2.05) is 19.9 Å². The number of nitrogens with zero attached hydrogens (tertiary/aromatic N) is 4. The van der Waals surface area contributed by atoms with Crippen molar-refractivity contribution < 1.29 is 9.53 Å². The van der Waals surface area contributed by atoms with Crippen molar-refractivity contribution in [2.45, 2.75) is 13.8 Å². The van der Waals surface area contributed by atoms with Crippen molar-refractivity contribution in [3.63, 3.8) is 0 Å². The number of carbonyl (C=O) groups is 1. The van der Waals surface area contributed by atoms with Crippen molar-refractivity contribution in [3.05, 3.63) is 59.7 Å². The Labute approximate surface area is 139 Å². The van der Waals surface area contributed by atoms with Gasteiger partial charge in [-0.3, -0.25) is 4.79 Å². The van der Waals surface area contributed by atoms with Crippen LogP contribution >= 0.6 is 0 Å². The number of ether oxygens (including phenoxy) is 1. The molecule has 0 fully saturated rings. The Kier molecular flexibility index (Phi) is 4.24. The number of amides is 1. The van der Waals surface area contributed by atoms with Gasteiger partial charge in [-0.1, -0.05) is 0 Å². The van der Waals surface area contributed by atoms with E-state index in [4.69, 9.17) is 4.74 Å². The highest BCUT2D eigenvalue weighted by molar-refractivity contribution is 6.03. The van der Waals surface area contributed by atoms with Gasteiger partial charge >= 0.3 is 0 Å². The molecule has 0 radical (unpaired) electrons. The van der Waals surface area contributed by atoms with Crippen LogP contribution in [0.3, 0.4) is 0 Å². The minimum atomic E-state index is -0.254. The predicted molar refractivity (Wildman–Crippen MR) is 89.6 cm³/mol. The number of hydrogen-bond acceptors (Lipinski definition) is 5. The fourth-order valence-corrected chi connectivity index (χ4v) is 2.32. The highest BCUT2D eigenvalue weighted by atomic mass is 16.5. The second-order valence-electron chi connectivity index (χ2n) is 5.28. The number of methoxy groups -OCH3 is 1. The Morgan fingerprint density at radius 1 is 1.12 bits per heavy atom.